The summed E-state index contributed by atoms with van der Waals surface area (Å²) in [6.07, 6.45) is 2.65. The molecule has 2 aromatic rings. The number of sulfonamides is 1. The Bertz CT molecular complexity index is 1120. The summed E-state index contributed by atoms with van der Waals surface area (Å²) in [6.45, 7) is 7.88. The van der Waals surface area contributed by atoms with Gasteiger partial charge in [0.25, 0.3) is 0 Å². The molecule has 2 atom stereocenters. The van der Waals surface area contributed by atoms with Crippen molar-refractivity contribution >= 4 is 27.5 Å². The summed E-state index contributed by atoms with van der Waals surface area (Å²) in [5.41, 5.74) is 2.19. The lowest BCUT2D eigenvalue weighted by molar-refractivity contribution is -0.141. The highest BCUT2D eigenvalue weighted by molar-refractivity contribution is 7.92. The predicted octanol–water partition coefficient (Wildman–Crippen LogP) is 4.40. The van der Waals surface area contributed by atoms with Crippen LogP contribution in [0.25, 0.3) is 0 Å². The average molecular weight is 520 g/mol. The molecule has 1 N–H and O–H groups in total. The van der Waals surface area contributed by atoms with Gasteiger partial charge >= 0.3 is 0 Å². The second-order valence-corrected chi connectivity index (χ2v) is 11.1. The Labute approximate surface area is 214 Å². The van der Waals surface area contributed by atoms with Crippen molar-refractivity contribution < 1.29 is 22.4 Å². The van der Waals surface area contributed by atoms with E-state index < -0.39 is 16.1 Å². The van der Waals surface area contributed by atoms with Gasteiger partial charge in [-0.05, 0) is 68.5 Å². The molecule has 0 unspecified atom stereocenters. The molecule has 0 radical (unpaired) electrons. The molecule has 0 aliphatic rings. The van der Waals surface area contributed by atoms with Gasteiger partial charge in [-0.2, -0.15) is 0 Å². The smallest absolute Gasteiger partial charge is 0.243 e. The number of hydrogen-bond donors (Lipinski definition) is 1. The second kappa shape index (κ2) is 13.4. The topological polar surface area (TPSA) is 86.8 Å². The number of amides is 2. The number of anilines is 1. The van der Waals surface area contributed by atoms with Crippen molar-refractivity contribution in [2.45, 2.75) is 72.0 Å². The first-order chi connectivity index (χ1) is 17.0. The van der Waals surface area contributed by atoms with Crippen LogP contribution < -0.4 is 9.62 Å². The van der Waals surface area contributed by atoms with E-state index in [1.165, 1.54) is 21.3 Å². The van der Waals surface area contributed by atoms with E-state index in [1.807, 2.05) is 33.8 Å². The van der Waals surface area contributed by atoms with E-state index in [-0.39, 0.29) is 49.6 Å². The van der Waals surface area contributed by atoms with Crippen molar-refractivity contribution in [3.63, 3.8) is 0 Å². The van der Waals surface area contributed by atoms with Gasteiger partial charge in [0.15, 0.2) is 0 Å². The first-order valence-corrected chi connectivity index (χ1v) is 14.2. The number of aryl methyl sites for hydroxylation is 1. The molecule has 2 amide bonds. The van der Waals surface area contributed by atoms with Crippen LogP contribution in [0.4, 0.5) is 10.1 Å². The molecule has 0 bridgehead atoms. The third kappa shape index (κ3) is 8.62. The van der Waals surface area contributed by atoms with E-state index in [2.05, 4.69) is 5.32 Å². The first-order valence-electron chi connectivity index (χ1n) is 12.3. The Kier molecular flexibility index (Phi) is 10.9. The van der Waals surface area contributed by atoms with Gasteiger partial charge in [-0.3, -0.25) is 13.9 Å². The largest absolute Gasteiger partial charge is 0.352 e. The van der Waals surface area contributed by atoms with Crippen LogP contribution in [0.1, 0.15) is 57.6 Å². The van der Waals surface area contributed by atoms with Gasteiger partial charge in [-0.15, -0.1) is 0 Å². The monoisotopic (exact) mass is 519 g/mol. The molecule has 0 aliphatic heterocycles. The maximum atomic E-state index is 13.4. The third-order valence-electron chi connectivity index (χ3n) is 6.09. The van der Waals surface area contributed by atoms with Crippen LogP contribution in [-0.2, 0) is 26.2 Å². The second-order valence-electron chi connectivity index (χ2n) is 9.17. The third-order valence-corrected chi connectivity index (χ3v) is 7.29. The maximum absolute atomic E-state index is 13.4. The summed E-state index contributed by atoms with van der Waals surface area (Å²) in [7, 11) is -3.55. The molecule has 7 nitrogen and oxygen atoms in total. The summed E-state index contributed by atoms with van der Waals surface area (Å²) in [5.74, 6) is -0.877. The summed E-state index contributed by atoms with van der Waals surface area (Å²) in [5, 5.41) is 2.95. The molecular weight excluding hydrogens is 481 g/mol. The van der Waals surface area contributed by atoms with E-state index >= 15 is 0 Å². The number of nitrogens with zero attached hydrogens (tertiary/aromatic N) is 2. The Morgan fingerprint density at radius 2 is 1.72 bits per heavy atom. The summed E-state index contributed by atoms with van der Waals surface area (Å²) in [4.78, 5) is 27.9. The molecule has 0 saturated carbocycles. The Hall–Kier alpha value is -2.94. The number of benzene rings is 2. The first kappa shape index (κ1) is 29.3. The van der Waals surface area contributed by atoms with Gasteiger partial charge in [0.05, 0.1) is 11.9 Å². The van der Waals surface area contributed by atoms with Crippen LogP contribution in [0.3, 0.4) is 0 Å². The SMILES string of the molecule is CC[C@@H](C)NC(=O)[C@@H](CC)N(Cc1ccc(F)cc1)C(=O)CCCN(c1cccc(C)c1)S(C)(=O)=O. The summed E-state index contributed by atoms with van der Waals surface area (Å²) >= 11 is 0. The highest BCUT2D eigenvalue weighted by atomic mass is 32.2. The zero-order chi connectivity index (χ0) is 26.9. The molecule has 0 saturated heterocycles. The Morgan fingerprint density at radius 1 is 1.06 bits per heavy atom. The molecule has 0 aliphatic carbocycles. The van der Waals surface area contributed by atoms with Gasteiger partial charge < -0.3 is 10.2 Å². The molecule has 0 spiro atoms. The molecule has 2 rings (SSSR count). The summed E-state index contributed by atoms with van der Waals surface area (Å²) < 4.78 is 39.6. The van der Waals surface area contributed by atoms with E-state index in [1.54, 1.807) is 30.3 Å². The van der Waals surface area contributed by atoms with Crippen molar-refractivity contribution in [1.82, 2.24) is 10.2 Å². The predicted molar refractivity (Wildman–Crippen MR) is 142 cm³/mol. The van der Waals surface area contributed by atoms with Crippen LogP contribution in [0.5, 0.6) is 0 Å². The van der Waals surface area contributed by atoms with Crippen molar-refractivity contribution in [1.29, 1.82) is 0 Å². The van der Waals surface area contributed by atoms with Gasteiger partial charge in [0, 0.05) is 25.6 Å². The van der Waals surface area contributed by atoms with E-state index in [0.717, 1.165) is 18.2 Å². The molecule has 198 valence electrons. The van der Waals surface area contributed by atoms with Gasteiger partial charge in [0.1, 0.15) is 11.9 Å². The van der Waals surface area contributed by atoms with Crippen LogP contribution in [0.15, 0.2) is 48.5 Å². The minimum Gasteiger partial charge on any atom is -0.352 e. The number of carbonyl (C=O) groups is 2. The zero-order valence-electron chi connectivity index (χ0n) is 21.8. The van der Waals surface area contributed by atoms with Crippen LogP contribution in [0.2, 0.25) is 0 Å². The van der Waals surface area contributed by atoms with Gasteiger partial charge in [-0.25, -0.2) is 12.8 Å². The molecule has 0 aromatic heterocycles. The van der Waals surface area contributed by atoms with Gasteiger partial charge in [0.2, 0.25) is 21.8 Å². The fourth-order valence-corrected chi connectivity index (χ4v) is 4.89. The van der Waals surface area contributed by atoms with Gasteiger partial charge in [-0.1, -0.05) is 38.1 Å². The highest BCUT2D eigenvalue weighted by Gasteiger charge is 2.29. The standard InChI is InChI=1S/C27H38FN3O4S/c1-6-21(4)29-27(33)25(7-2)30(19-22-13-15-23(28)16-14-22)26(32)12-9-17-31(36(5,34)35)24-11-8-10-20(3)18-24/h8,10-11,13-16,18,21,25H,6-7,9,12,17,19H2,1-5H3,(H,29,33)/t21-,25-/m1/s1. The quantitative estimate of drug-likeness (QED) is 0.425. The molecular formula is C27H38FN3O4S. The number of hydrogen-bond acceptors (Lipinski definition) is 4. The lowest BCUT2D eigenvalue weighted by Crippen LogP contribution is -2.50. The molecule has 0 heterocycles. The lowest BCUT2D eigenvalue weighted by Gasteiger charge is -2.32. The fourth-order valence-electron chi connectivity index (χ4n) is 3.93. The molecule has 9 heteroatoms. The normalized spacial score (nSPS) is 13.1. The Balaban J connectivity index is 2.22. The Morgan fingerprint density at radius 3 is 2.28 bits per heavy atom. The van der Waals surface area contributed by atoms with E-state index in [0.29, 0.717) is 17.7 Å². The number of rotatable bonds is 13. The van der Waals surface area contributed by atoms with Crippen LogP contribution in [0, 0.1) is 12.7 Å². The van der Waals surface area contributed by atoms with Crippen molar-refractivity contribution in [2.75, 3.05) is 17.1 Å². The summed E-state index contributed by atoms with van der Waals surface area (Å²) in [6, 6.07) is 12.3. The van der Waals surface area contributed by atoms with Crippen LogP contribution >= 0.6 is 0 Å². The minimum atomic E-state index is -3.55. The van der Waals surface area contributed by atoms with E-state index in [9.17, 15) is 22.4 Å². The fraction of sp³-hybridized carbons (Fsp3) is 0.481. The maximum Gasteiger partial charge on any atom is 0.243 e. The minimum absolute atomic E-state index is 0.0352. The lowest BCUT2D eigenvalue weighted by atomic mass is 10.1. The van der Waals surface area contributed by atoms with Crippen molar-refractivity contribution in [2.24, 2.45) is 0 Å². The van der Waals surface area contributed by atoms with E-state index in [4.69, 9.17) is 0 Å². The number of nitrogens with one attached hydrogen (secondary N) is 1. The zero-order valence-corrected chi connectivity index (χ0v) is 22.6. The number of halogens is 1. The van der Waals surface area contributed by atoms with Crippen molar-refractivity contribution in [3.8, 4) is 0 Å². The average Bonchev–Trinajstić information content (AvgIpc) is 2.81. The molecule has 36 heavy (non-hydrogen) atoms. The molecule has 0 fully saturated rings. The van der Waals surface area contributed by atoms with Crippen molar-refractivity contribution in [3.05, 3.63) is 65.5 Å². The van der Waals surface area contributed by atoms with Crippen LogP contribution in [-0.4, -0.2) is 50.0 Å². The molecule has 2 aromatic carbocycles. The number of carbonyl (C=O) groups excluding carboxylic acids is 2. The highest BCUT2D eigenvalue weighted by Crippen LogP contribution is 2.21.